The lowest BCUT2D eigenvalue weighted by molar-refractivity contribution is -0.147. The molecule has 5 heteroatoms. The molecular weight excluding hydrogens is 246 g/mol. The summed E-state index contributed by atoms with van der Waals surface area (Å²) >= 11 is 0. The van der Waals surface area contributed by atoms with Gasteiger partial charge in [0.2, 0.25) is 5.91 Å². The highest BCUT2D eigenvalue weighted by atomic mass is 16.4. The molecule has 102 valence electrons. The van der Waals surface area contributed by atoms with E-state index in [2.05, 4.69) is 5.32 Å². The maximum Gasteiger partial charge on any atom is 0.329 e. The van der Waals surface area contributed by atoms with Gasteiger partial charge in [-0.15, -0.1) is 0 Å². The van der Waals surface area contributed by atoms with Gasteiger partial charge in [-0.1, -0.05) is 25.0 Å². The number of aliphatic carboxylic acids is 1. The molecule has 1 aromatic rings. The Hall–Kier alpha value is -2.04. The van der Waals surface area contributed by atoms with Crippen molar-refractivity contribution >= 4 is 11.9 Å². The topological polar surface area (TPSA) is 86.6 Å². The first kappa shape index (κ1) is 13.4. The number of rotatable bonds is 4. The van der Waals surface area contributed by atoms with E-state index in [4.69, 9.17) is 0 Å². The van der Waals surface area contributed by atoms with Crippen molar-refractivity contribution in [2.24, 2.45) is 0 Å². The van der Waals surface area contributed by atoms with Crippen molar-refractivity contribution in [1.29, 1.82) is 0 Å². The Kier molecular flexibility index (Phi) is 3.74. The number of hydrogen-bond donors (Lipinski definition) is 3. The van der Waals surface area contributed by atoms with E-state index in [1.807, 2.05) is 0 Å². The Morgan fingerprint density at radius 1 is 1.26 bits per heavy atom. The molecule has 0 radical (unpaired) electrons. The van der Waals surface area contributed by atoms with E-state index in [-0.39, 0.29) is 18.1 Å². The van der Waals surface area contributed by atoms with E-state index in [0.29, 0.717) is 18.4 Å². The molecule has 0 atom stereocenters. The van der Waals surface area contributed by atoms with Gasteiger partial charge in [-0.25, -0.2) is 4.79 Å². The number of benzene rings is 1. The van der Waals surface area contributed by atoms with Gasteiger partial charge in [0.15, 0.2) is 0 Å². The Bertz CT molecular complexity index is 492. The van der Waals surface area contributed by atoms with Crippen LogP contribution in [-0.4, -0.2) is 27.6 Å². The molecule has 0 aliphatic heterocycles. The lowest BCUT2D eigenvalue weighted by Gasteiger charge is -2.25. The molecule has 0 heterocycles. The van der Waals surface area contributed by atoms with Gasteiger partial charge in [0.25, 0.3) is 0 Å². The summed E-state index contributed by atoms with van der Waals surface area (Å²) in [5, 5.41) is 21.2. The predicted molar refractivity (Wildman–Crippen MR) is 68.8 cm³/mol. The lowest BCUT2D eigenvalue weighted by Crippen LogP contribution is -2.52. The van der Waals surface area contributed by atoms with Crippen LogP contribution >= 0.6 is 0 Å². The lowest BCUT2D eigenvalue weighted by atomic mass is 9.97. The number of phenolic OH excluding ortho intramolecular Hbond substituents is 1. The summed E-state index contributed by atoms with van der Waals surface area (Å²) in [6.45, 7) is 0. The second kappa shape index (κ2) is 5.30. The van der Waals surface area contributed by atoms with Crippen molar-refractivity contribution in [2.75, 3.05) is 0 Å². The molecular formula is C14H17NO4. The second-order valence-corrected chi connectivity index (χ2v) is 4.99. The van der Waals surface area contributed by atoms with Crippen LogP contribution in [0.1, 0.15) is 31.2 Å². The Balaban J connectivity index is 2.02. The maximum absolute atomic E-state index is 11.9. The Morgan fingerprint density at radius 2 is 1.95 bits per heavy atom. The van der Waals surface area contributed by atoms with E-state index in [1.165, 1.54) is 12.1 Å². The predicted octanol–water partition coefficient (Wildman–Crippen LogP) is 1.45. The molecule has 1 aliphatic rings. The standard InChI is InChI=1S/C14H17NO4/c16-11-5-3-4-10(8-11)9-12(17)15-14(13(18)19)6-1-2-7-14/h3-5,8,16H,1-2,6-7,9H2,(H,15,17)(H,18,19). The van der Waals surface area contributed by atoms with Crippen molar-refractivity contribution in [3.8, 4) is 5.75 Å². The van der Waals surface area contributed by atoms with E-state index >= 15 is 0 Å². The van der Waals surface area contributed by atoms with Crippen LogP contribution in [0.3, 0.4) is 0 Å². The van der Waals surface area contributed by atoms with E-state index in [0.717, 1.165) is 12.8 Å². The monoisotopic (exact) mass is 263 g/mol. The number of carbonyl (C=O) groups is 2. The quantitative estimate of drug-likeness (QED) is 0.767. The first-order chi connectivity index (χ1) is 9.02. The molecule has 0 aromatic heterocycles. The van der Waals surface area contributed by atoms with Crippen molar-refractivity contribution in [3.05, 3.63) is 29.8 Å². The fraction of sp³-hybridized carbons (Fsp3) is 0.429. The molecule has 0 unspecified atom stereocenters. The number of phenols is 1. The maximum atomic E-state index is 11.9. The largest absolute Gasteiger partial charge is 0.508 e. The van der Waals surface area contributed by atoms with Crippen molar-refractivity contribution in [2.45, 2.75) is 37.6 Å². The fourth-order valence-electron chi connectivity index (χ4n) is 2.53. The first-order valence-corrected chi connectivity index (χ1v) is 6.34. The molecule has 0 spiro atoms. The third-order valence-electron chi connectivity index (χ3n) is 3.52. The van der Waals surface area contributed by atoms with Crippen LogP contribution in [0, 0.1) is 0 Å². The van der Waals surface area contributed by atoms with Crippen LogP contribution in [-0.2, 0) is 16.0 Å². The van der Waals surface area contributed by atoms with Crippen LogP contribution in [0.15, 0.2) is 24.3 Å². The van der Waals surface area contributed by atoms with Crippen LogP contribution in [0.5, 0.6) is 5.75 Å². The smallest absolute Gasteiger partial charge is 0.329 e. The third kappa shape index (κ3) is 3.05. The minimum absolute atomic E-state index is 0.0728. The van der Waals surface area contributed by atoms with Gasteiger partial charge in [-0.3, -0.25) is 4.79 Å². The van der Waals surface area contributed by atoms with Gasteiger partial charge in [0.05, 0.1) is 6.42 Å². The molecule has 5 nitrogen and oxygen atoms in total. The zero-order valence-corrected chi connectivity index (χ0v) is 10.6. The van der Waals surface area contributed by atoms with Gasteiger partial charge in [0.1, 0.15) is 11.3 Å². The zero-order chi connectivity index (χ0) is 13.9. The van der Waals surface area contributed by atoms with Crippen LogP contribution in [0.2, 0.25) is 0 Å². The van der Waals surface area contributed by atoms with Crippen LogP contribution in [0.25, 0.3) is 0 Å². The molecule has 1 fully saturated rings. The average Bonchev–Trinajstić information content (AvgIpc) is 2.78. The number of amides is 1. The van der Waals surface area contributed by atoms with E-state index in [9.17, 15) is 19.8 Å². The SMILES string of the molecule is O=C(Cc1cccc(O)c1)NC1(C(=O)O)CCCC1. The van der Waals surface area contributed by atoms with Crippen LogP contribution in [0.4, 0.5) is 0 Å². The zero-order valence-electron chi connectivity index (χ0n) is 10.6. The number of hydrogen-bond acceptors (Lipinski definition) is 3. The number of nitrogens with one attached hydrogen (secondary N) is 1. The molecule has 0 bridgehead atoms. The van der Waals surface area contributed by atoms with Crippen molar-refractivity contribution in [3.63, 3.8) is 0 Å². The number of carboxylic acid groups (broad SMARTS) is 1. The number of aromatic hydroxyl groups is 1. The molecule has 3 N–H and O–H groups in total. The average molecular weight is 263 g/mol. The van der Waals surface area contributed by atoms with Crippen molar-refractivity contribution in [1.82, 2.24) is 5.32 Å². The van der Waals surface area contributed by atoms with E-state index < -0.39 is 11.5 Å². The Labute approximate surface area is 111 Å². The molecule has 1 aromatic carbocycles. The first-order valence-electron chi connectivity index (χ1n) is 6.34. The second-order valence-electron chi connectivity index (χ2n) is 4.99. The minimum Gasteiger partial charge on any atom is -0.508 e. The molecule has 0 saturated heterocycles. The number of carboxylic acids is 1. The highest BCUT2D eigenvalue weighted by Crippen LogP contribution is 2.30. The summed E-state index contributed by atoms with van der Waals surface area (Å²) in [4.78, 5) is 23.2. The highest BCUT2D eigenvalue weighted by Gasteiger charge is 2.42. The molecule has 1 saturated carbocycles. The number of carbonyl (C=O) groups excluding carboxylic acids is 1. The van der Waals surface area contributed by atoms with E-state index in [1.54, 1.807) is 12.1 Å². The van der Waals surface area contributed by atoms with Gasteiger partial charge >= 0.3 is 5.97 Å². The summed E-state index contributed by atoms with van der Waals surface area (Å²) < 4.78 is 0. The molecule has 19 heavy (non-hydrogen) atoms. The fourth-order valence-corrected chi connectivity index (χ4v) is 2.53. The third-order valence-corrected chi connectivity index (χ3v) is 3.52. The summed E-state index contributed by atoms with van der Waals surface area (Å²) in [6, 6.07) is 6.40. The summed E-state index contributed by atoms with van der Waals surface area (Å²) in [5.41, 5.74) is -0.440. The Morgan fingerprint density at radius 3 is 2.53 bits per heavy atom. The van der Waals surface area contributed by atoms with Gasteiger partial charge < -0.3 is 15.5 Å². The highest BCUT2D eigenvalue weighted by molar-refractivity contribution is 5.88. The summed E-state index contributed by atoms with van der Waals surface area (Å²) in [7, 11) is 0. The minimum atomic E-state index is -1.10. The van der Waals surface area contributed by atoms with Gasteiger partial charge in [0, 0.05) is 0 Å². The summed E-state index contributed by atoms with van der Waals surface area (Å²) in [5.74, 6) is -1.19. The molecule has 1 aliphatic carbocycles. The summed E-state index contributed by atoms with van der Waals surface area (Å²) in [6.07, 6.45) is 2.67. The molecule has 2 rings (SSSR count). The van der Waals surface area contributed by atoms with Gasteiger partial charge in [-0.05, 0) is 30.5 Å². The molecule has 1 amide bonds. The normalized spacial score (nSPS) is 17.1. The van der Waals surface area contributed by atoms with Crippen LogP contribution < -0.4 is 5.32 Å². The van der Waals surface area contributed by atoms with Gasteiger partial charge in [-0.2, -0.15) is 0 Å². The van der Waals surface area contributed by atoms with Crippen molar-refractivity contribution < 1.29 is 19.8 Å².